The number of carbonyl (C=O) groups is 2. The molecule has 2 rings (SSSR count). The third-order valence-electron chi connectivity index (χ3n) is 2.51. The molecule has 0 spiro atoms. The van der Waals surface area contributed by atoms with Gasteiger partial charge in [-0.25, -0.2) is 4.39 Å². The standard InChI is InChI=1S/C12H9FO4/c1-16-10-3-6-7(4-11(10)17-2)12(15)8(13)5-9(6)14/h3-5H,1-2H3. The number of fused-ring (bicyclic) bond motifs is 1. The third-order valence-corrected chi connectivity index (χ3v) is 2.51. The van der Waals surface area contributed by atoms with Gasteiger partial charge in [-0.2, -0.15) is 0 Å². The van der Waals surface area contributed by atoms with Gasteiger partial charge in [0.25, 0.3) is 0 Å². The fourth-order valence-electron chi connectivity index (χ4n) is 1.66. The Hall–Kier alpha value is -2.17. The molecule has 88 valence electrons. The van der Waals surface area contributed by atoms with Gasteiger partial charge in [0.15, 0.2) is 23.1 Å². The van der Waals surface area contributed by atoms with Crippen LogP contribution in [0.4, 0.5) is 4.39 Å². The SMILES string of the molecule is COc1cc2c(cc1OC)C(=O)C(F)=CC2=O. The lowest BCUT2D eigenvalue weighted by atomic mass is 9.93. The molecule has 0 saturated heterocycles. The van der Waals surface area contributed by atoms with Crippen LogP contribution in [0.1, 0.15) is 20.7 Å². The number of methoxy groups -OCH3 is 2. The summed E-state index contributed by atoms with van der Waals surface area (Å²) in [6.07, 6.45) is 0.677. The van der Waals surface area contributed by atoms with E-state index < -0.39 is 17.4 Å². The van der Waals surface area contributed by atoms with E-state index in [0.29, 0.717) is 11.8 Å². The van der Waals surface area contributed by atoms with Gasteiger partial charge in [-0.15, -0.1) is 0 Å². The number of Topliss-reactive ketones (excluding diaryl/α,β-unsaturated/α-hetero) is 1. The molecule has 0 atom stereocenters. The van der Waals surface area contributed by atoms with Crippen molar-refractivity contribution in [2.24, 2.45) is 0 Å². The molecule has 17 heavy (non-hydrogen) atoms. The summed E-state index contributed by atoms with van der Waals surface area (Å²) in [5.74, 6) is -1.83. The fourth-order valence-corrected chi connectivity index (χ4v) is 1.66. The first-order valence-electron chi connectivity index (χ1n) is 4.80. The van der Waals surface area contributed by atoms with Crippen LogP contribution in [0.2, 0.25) is 0 Å². The predicted molar refractivity (Wildman–Crippen MR) is 57.4 cm³/mol. The molecule has 0 unspecified atom stereocenters. The second-order valence-corrected chi connectivity index (χ2v) is 3.44. The van der Waals surface area contributed by atoms with E-state index in [9.17, 15) is 14.0 Å². The Balaban J connectivity index is 2.67. The number of hydrogen-bond acceptors (Lipinski definition) is 4. The molecule has 0 radical (unpaired) electrons. The molecule has 1 aliphatic carbocycles. The summed E-state index contributed by atoms with van der Waals surface area (Å²) in [4.78, 5) is 23.1. The molecule has 0 aromatic heterocycles. The maximum Gasteiger partial charge on any atom is 0.222 e. The highest BCUT2D eigenvalue weighted by atomic mass is 19.1. The first kappa shape index (κ1) is 11.3. The van der Waals surface area contributed by atoms with Crippen molar-refractivity contribution in [3.8, 4) is 11.5 Å². The zero-order chi connectivity index (χ0) is 12.6. The minimum Gasteiger partial charge on any atom is -0.493 e. The van der Waals surface area contributed by atoms with Crippen molar-refractivity contribution >= 4 is 11.6 Å². The Morgan fingerprint density at radius 1 is 1.00 bits per heavy atom. The number of ketones is 2. The number of benzene rings is 1. The first-order chi connectivity index (χ1) is 8.08. The van der Waals surface area contributed by atoms with Crippen LogP contribution in [0.3, 0.4) is 0 Å². The van der Waals surface area contributed by atoms with E-state index in [-0.39, 0.29) is 16.9 Å². The van der Waals surface area contributed by atoms with Gasteiger partial charge >= 0.3 is 0 Å². The summed E-state index contributed by atoms with van der Waals surface area (Å²) in [5, 5.41) is 0. The van der Waals surface area contributed by atoms with Crippen LogP contribution in [-0.4, -0.2) is 25.8 Å². The van der Waals surface area contributed by atoms with E-state index in [4.69, 9.17) is 9.47 Å². The highest BCUT2D eigenvalue weighted by molar-refractivity contribution is 6.24. The quantitative estimate of drug-likeness (QED) is 0.787. The molecule has 5 heteroatoms. The van der Waals surface area contributed by atoms with Crippen LogP contribution >= 0.6 is 0 Å². The first-order valence-corrected chi connectivity index (χ1v) is 4.80. The molecule has 0 amide bonds. The number of rotatable bonds is 2. The molecule has 0 N–H and O–H groups in total. The monoisotopic (exact) mass is 236 g/mol. The van der Waals surface area contributed by atoms with Gasteiger partial charge in [0.1, 0.15) is 0 Å². The van der Waals surface area contributed by atoms with Gasteiger partial charge in [-0.05, 0) is 12.1 Å². The Bertz CT molecular complexity index is 546. The van der Waals surface area contributed by atoms with Crippen LogP contribution in [0.25, 0.3) is 0 Å². The average molecular weight is 236 g/mol. The second kappa shape index (κ2) is 4.01. The van der Waals surface area contributed by atoms with Gasteiger partial charge in [0, 0.05) is 17.2 Å². The van der Waals surface area contributed by atoms with Crippen LogP contribution in [-0.2, 0) is 0 Å². The second-order valence-electron chi connectivity index (χ2n) is 3.44. The van der Waals surface area contributed by atoms with Gasteiger partial charge in [0.05, 0.1) is 14.2 Å². The molecule has 0 aliphatic heterocycles. The summed E-state index contributed by atoms with van der Waals surface area (Å²) < 4.78 is 23.1. The lowest BCUT2D eigenvalue weighted by molar-refractivity contribution is 0.0962. The van der Waals surface area contributed by atoms with Crippen molar-refractivity contribution in [2.45, 2.75) is 0 Å². The fraction of sp³-hybridized carbons (Fsp3) is 0.167. The molecule has 0 bridgehead atoms. The Labute approximate surface area is 96.6 Å². The number of hydrogen-bond donors (Lipinski definition) is 0. The Kier molecular flexibility index (Phi) is 2.67. The molecule has 0 fully saturated rings. The van der Waals surface area contributed by atoms with Crippen LogP contribution in [0, 0.1) is 0 Å². The minimum atomic E-state index is -1.06. The van der Waals surface area contributed by atoms with Gasteiger partial charge < -0.3 is 9.47 Å². The lowest BCUT2D eigenvalue weighted by Gasteiger charge is -2.14. The topological polar surface area (TPSA) is 52.6 Å². The van der Waals surface area contributed by atoms with E-state index in [0.717, 1.165) is 0 Å². The summed E-state index contributed by atoms with van der Waals surface area (Å²) in [7, 11) is 2.81. The number of halogens is 1. The maximum absolute atomic E-state index is 13.1. The average Bonchev–Trinajstić information content (AvgIpc) is 2.34. The van der Waals surface area contributed by atoms with Crippen LogP contribution in [0.15, 0.2) is 24.0 Å². The zero-order valence-electron chi connectivity index (χ0n) is 9.24. The molecule has 0 saturated carbocycles. The third kappa shape index (κ3) is 1.69. The number of carbonyl (C=O) groups excluding carboxylic acids is 2. The Morgan fingerprint density at radius 2 is 1.53 bits per heavy atom. The molecule has 1 aliphatic rings. The van der Waals surface area contributed by atoms with E-state index >= 15 is 0 Å². The summed E-state index contributed by atoms with van der Waals surface area (Å²) >= 11 is 0. The van der Waals surface area contributed by atoms with E-state index in [2.05, 4.69) is 0 Å². The highest BCUT2D eigenvalue weighted by Gasteiger charge is 2.27. The molecular weight excluding hydrogens is 227 g/mol. The van der Waals surface area contributed by atoms with Crippen molar-refractivity contribution in [3.63, 3.8) is 0 Å². The normalized spacial score (nSPS) is 14.2. The number of ether oxygens (including phenoxy) is 2. The molecular formula is C12H9FO4. The van der Waals surface area contributed by atoms with Crippen molar-refractivity contribution in [1.82, 2.24) is 0 Å². The summed E-state index contributed by atoms with van der Waals surface area (Å²) in [6.45, 7) is 0. The number of allylic oxidation sites excluding steroid dienone is 2. The molecule has 1 aromatic carbocycles. The zero-order valence-corrected chi connectivity index (χ0v) is 9.24. The van der Waals surface area contributed by atoms with Gasteiger partial charge in [0.2, 0.25) is 5.78 Å². The van der Waals surface area contributed by atoms with Crippen LogP contribution < -0.4 is 9.47 Å². The smallest absolute Gasteiger partial charge is 0.222 e. The van der Waals surface area contributed by atoms with Gasteiger partial charge in [-0.1, -0.05) is 0 Å². The molecule has 4 nitrogen and oxygen atoms in total. The largest absolute Gasteiger partial charge is 0.493 e. The van der Waals surface area contributed by atoms with Crippen molar-refractivity contribution < 1.29 is 23.5 Å². The summed E-state index contributed by atoms with van der Waals surface area (Å²) in [6, 6.07) is 2.68. The molecule has 0 heterocycles. The predicted octanol–water partition coefficient (Wildman–Crippen LogP) is 1.94. The minimum absolute atomic E-state index is 0.00681. The van der Waals surface area contributed by atoms with Crippen molar-refractivity contribution in [3.05, 3.63) is 35.2 Å². The van der Waals surface area contributed by atoms with Crippen LogP contribution in [0.5, 0.6) is 11.5 Å². The van der Waals surface area contributed by atoms with Crippen molar-refractivity contribution in [1.29, 1.82) is 0 Å². The Morgan fingerprint density at radius 3 is 2.06 bits per heavy atom. The van der Waals surface area contributed by atoms with E-state index in [1.165, 1.54) is 26.4 Å². The summed E-state index contributed by atoms with van der Waals surface area (Å²) in [5.41, 5.74) is 0.113. The molecule has 1 aromatic rings. The van der Waals surface area contributed by atoms with E-state index in [1.807, 2.05) is 0 Å². The van der Waals surface area contributed by atoms with Crippen molar-refractivity contribution in [2.75, 3.05) is 14.2 Å². The maximum atomic E-state index is 13.1. The highest BCUT2D eigenvalue weighted by Crippen LogP contribution is 2.34. The lowest BCUT2D eigenvalue weighted by Crippen LogP contribution is -2.15. The van der Waals surface area contributed by atoms with E-state index in [1.54, 1.807) is 0 Å². The van der Waals surface area contributed by atoms with Gasteiger partial charge in [-0.3, -0.25) is 9.59 Å².